The standard InChI is InChI=1S/C20H24F2N4O3S/c1-11-19(2,27)10-26(11)18-24-16(13-7-8-20(21,22)17(13)25-18)12-5-6-14(29-3)15(9-12)30(4,23)28/h5-6,9,11,23,27H,7-8,10H2,1-4H3/t11-,19+,30?/m0/s1. The summed E-state index contributed by atoms with van der Waals surface area (Å²) in [7, 11) is -1.70. The van der Waals surface area contributed by atoms with Crippen molar-refractivity contribution in [3.8, 4) is 17.0 Å². The fourth-order valence-electron chi connectivity index (χ4n) is 3.99. The molecular weight excluding hydrogens is 414 g/mol. The van der Waals surface area contributed by atoms with Crippen LogP contribution in [0.5, 0.6) is 5.75 Å². The molecule has 2 heterocycles. The first-order valence-corrected chi connectivity index (χ1v) is 11.5. The number of fused-ring (bicyclic) bond motifs is 1. The maximum absolute atomic E-state index is 14.6. The molecule has 2 aliphatic rings. The fourth-order valence-corrected chi connectivity index (χ4v) is 4.88. The van der Waals surface area contributed by atoms with Gasteiger partial charge in [0.2, 0.25) is 5.95 Å². The van der Waals surface area contributed by atoms with E-state index in [-0.39, 0.29) is 42.0 Å². The molecule has 162 valence electrons. The summed E-state index contributed by atoms with van der Waals surface area (Å²) in [6.07, 6.45) is 1.05. The van der Waals surface area contributed by atoms with Gasteiger partial charge < -0.3 is 14.7 Å². The highest BCUT2D eigenvalue weighted by atomic mass is 32.2. The van der Waals surface area contributed by atoms with E-state index in [4.69, 9.17) is 9.52 Å². The van der Waals surface area contributed by atoms with Gasteiger partial charge in [0.15, 0.2) is 0 Å². The van der Waals surface area contributed by atoms with Gasteiger partial charge in [0.1, 0.15) is 11.4 Å². The number of anilines is 1. The van der Waals surface area contributed by atoms with Crippen LogP contribution in [-0.2, 0) is 22.1 Å². The zero-order valence-electron chi connectivity index (χ0n) is 17.2. The number of aromatic nitrogens is 2. The van der Waals surface area contributed by atoms with Gasteiger partial charge in [-0.05, 0) is 38.5 Å². The summed E-state index contributed by atoms with van der Waals surface area (Å²) in [5, 5.41) is 10.3. The van der Waals surface area contributed by atoms with Crippen LogP contribution in [0.15, 0.2) is 23.1 Å². The molecule has 3 atom stereocenters. The molecule has 2 N–H and O–H groups in total. The second-order valence-corrected chi connectivity index (χ2v) is 10.4. The number of halogens is 2. The lowest BCUT2D eigenvalue weighted by molar-refractivity contribution is -0.0113. The van der Waals surface area contributed by atoms with Gasteiger partial charge in [0.25, 0.3) is 5.92 Å². The Labute approximate surface area is 174 Å². The third kappa shape index (κ3) is 3.22. The van der Waals surface area contributed by atoms with Crippen LogP contribution in [0, 0.1) is 4.78 Å². The molecule has 0 saturated carbocycles. The zero-order chi connectivity index (χ0) is 22.1. The van der Waals surface area contributed by atoms with Gasteiger partial charge in [-0.3, -0.25) is 0 Å². The predicted molar refractivity (Wildman–Crippen MR) is 109 cm³/mol. The van der Waals surface area contributed by atoms with E-state index in [0.29, 0.717) is 22.6 Å². The lowest BCUT2D eigenvalue weighted by atomic mass is 9.87. The topological polar surface area (TPSA) is 99.4 Å². The van der Waals surface area contributed by atoms with E-state index < -0.39 is 21.3 Å². The first-order valence-electron chi connectivity index (χ1n) is 9.55. The number of methoxy groups -OCH3 is 1. The SMILES string of the molecule is COc1ccc(-c2nc(N3C[C@@](C)(O)[C@@H]3C)nc3c2CCC3(F)F)cc1S(C)(=N)=O. The number of nitrogens with zero attached hydrogens (tertiary/aromatic N) is 3. The Balaban J connectivity index is 1.91. The summed E-state index contributed by atoms with van der Waals surface area (Å²) in [6, 6.07) is 4.42. The van der Waals surface area contributed by atoms with Crippen molar-refractivity contribution in [3.63, 3.8) is 0 Å². The smallest absolute Gasteiger partial charge is 0.290 e. The minimum absolute atomic E-state index is 0.120. The molecule has 1 saturated heterocycles. The molecule has 1 unspecified atom stereocenters. The average Bonchev–Trinajstić information content (AvgIpc) is 2.99. The minimum Gasteiger partial charge on any atom is -0.495 e. The fraction of sp³-hybridized carbons (Fsp3) is 0.500. The van der Waals surface area contributed by atoms with Gasteiger partial charge in [0, 0.05) is 23.8 Å². The van der Waals surface area contributed by atoms with Crippen molar-refractivity contribution in [2.75, 3.05) is 24.8 Å². The van der Waals surface area contributed by atoms with Crippen molar-refractivity contribution in [3.05, 3.63) is 29.5 Å². The van der Waals surface area contributed by atoms with Gasteiger partial charge in [0.05, 0.1) is 45.6 Å². The maximum atomic E-state index is 14.6. The number of aliphatic hydroxyl groups is 1. The summed E-state index contributed by atoms with van der Waals surface area (Å²) < 4.78 is 54.8. The van der Waals surface area contributed by atoms with Crippen LogP contribution >= 0.6 is 0 Å². The quantitative estimate of drug-likeness (QED) is 0.761. The Morgan fingerprint density at radius 2 is 2.07 bits per heavy atom. The monoisotopic (exact) mass is 438 g/mol. The second-order valence-electron chi connectivity index (χ2n) is 8.27. The number of hydrogen-bond acceptors (Lipinski definition) is 7. The van der Waals surface area contributed by atoms with Crippen LogP contribution in [0.4, 0.5) is 14.7 Å². The Bertz CT molecular complexity index is 1140. The Hall–Kier alpha value is -2.33. The van der Waals surface area contributed by atoms with E-state index in [2.05, 4.69) is 9.97 Å². The van der Waals surface area contributed by atoms with E-state index in [1.165, 1.54) is 19.4 Å². The van der Waals surface area contributed by atoms with Gasteiger partial charge in [-0.1, -0.05) is 0 Å². The first kappa shape index (κ1) is 20.9. The largest absolute Gasteiger partial charge is 0.495 e. The Morgan fingerprint density at radius 1 is 1.37 bits per heavy atom. The number of β-amino-alcohol motifs (C(OH)–C–C–N with tert-alkyl or cyclic N) is 1. The average molecular weight is 439 g/mol. The molecule has 7 nitrogen and oxygen atoms in total. The van der Waals surface area contributed by atoms with Gasteiger partial charge in [-0.25, -0.2) is 19.0 Å². The predicted octanol–water partition coefficient (Wildman–Crippen LogP) is 3.19. The second kappa shape index (κ2) is 6.58. The highest BCUT2D eigenvalue weighted by molar-refractivity contribution is 7.91. The molecule has 1 aromatic carbocycles. The number of nitrogens with one attached hydrogen (secondary N) is 1. The van der Waals surface area contributed by atoms with E-state index in [1.54, 1.807) is 30.9 Å². The summed E-state index contributed by atoms with van der Waals surface area (Å²) in [6.45, 7) is 3.70. The number of rotatable bonds is 4. The van der Waals surface area contributed by atoms with Crippen LogP contribution in [-0.4, -0.2) is 50.8 Å². The van der Waals surface area contributed by atoms with Crippen molar-refractivity contribution < 1.29 is 22.8 Å². The van der Waals surface area contributed by atoms with Crippen molar-refractivity contribution >= 4 is 15.7 Å². The summed E-state index contributed by atoms with van der Waals surface area (Å²) in [5.74, 6) is -2.64. The minimum atomic E-state index is -3.12. The number of hydrogen-bond donors (Lipinski definition) is 2. The molecule has 4 rings (SSSR count). The third-order valence-electron chi connectivity index (χ3n) is 6.00. The Morgan fingerprint density at radius 3 is 2.63 bits per heavy atom. The van der Waals surface area contributed by atoms with Crippen molar-refractivity contribution in [1.82, 2.24) is 9.97 Å². The van der Waals surface area contributed by atoms with E-state index in [9.17, 15) is 18.1 Å². The van der Waals surface area contributed by atoms with Crippen molar-refractivity contribution in [2.24, 2.45) is 0 Å². The van der Waals surface area contributed by atoms with Gasteiger partial charge in [-0.2, -0.15) is 8.78 Å². The molecule has 0 spiro atoms. The molecule has 1 aliphatic carbocycles. The molecular formula is C20H24F2N4O3S. The van der Waals surface area contributed by atoms with E-state index in [0.717, 1.165) is 0 Å². The van der Waals surface area contributed by atoms with Crippen LogP contribution < -0.4 is 9.64 Å². The molecule has 1 aromatic heterocycles. The van der Waals surface area contributed by atoms with Crippen LogP contribution in [0.25, 0.3) is 11.3 Å². The highest BCUT2D eigenvalue weighted by Gasteiger charge is 2.48. The molecule has 2 aromatic rings. The molecule has 0 amide bonds. The number of ether oxygens (including phenoxy) is 1. The highest BCUT2D eigenvalue weighted by Crippen LogP contribution is 2.46. The summed E-state index contributed by atoms with van der Waals surface area (Å²) in [5.41, 5.74) is -0.0881. The van der Waals surface area contributed by atoms with Crippen LogP contribution in [0.3, 0.4) is 0 Å². The molecule has 30 heavy (non-hydrogen) atoms. The molecule has 0 bridgehead atoms. The zero-order valence-corrected chi connectivity index (χ0v) is 18.0. The Kier molecular flexibility index (Phi) is 4.59. The van der Waals surface area contributed by atoms with E-state index in [1.807, 2.05) is 0 Å². The van der Waals surface area contributed by atoms with Crippen molar-refractivity contribution in [2.45, 2.75) is 49.2 Å². The van der Waals surface area contributed by atoms with Gasteiger partial charge in [-0.15, -0.1) is 0 Å². The molecule has 0 radical (unpaired) electrons. The lowest BCUT2D eigenvalue weighted by Crippen LogP contribution is -2.67. The third-order valence-corrected chi connectivity index (χ3v) is 7.16. The van der Waals surface area contributed by atoms with Gasteiger partial charge >= 0.3 is 0 Å². The molecule has 1 fully saturated rings. The molecule has 10 heteroatoms. The lowest BCUT2D eigenvalue weighted by Gasteiger charge is -2.51. The first-order chi connectivity index (χ1) is 13.8. The van der Waals surface area contributed by atoms with Crippen LogP contribution in [0.2, 0.25) is 0 Å². The van der Waals surface area contributed by atoms with E-state index >= 15 is 0 Å². The molecule has 1 aliphatic heterocycles. The van der Waals surface area contributed by atoms with Crippen LogP contribution in [0.1, 0.15) is 31.5 Å². The van der Waals surface area contributed by atoms with Crippen molar-refractivity contribution in [1.29, 1.82) is 4.78 Å². The normalized spacial score (nSPS) is 26.6. The number of alkyl halides is 2. The summed E-state index contributed by atoms with van der Waals surface area (Å²) in [4.78, 5) is 10.6. The summed E-state index contributed by atoms with van der Waals surface area (Å²) >= 11 is 0. The maximum Gasteiger partial charge on any atom is 0.290 e. The number of benzene rings is 1.